The maximum Gasteiger partial charge on any atom is 0.213 e. The maximum absolute atomic E-state index is 8.81. The minimum Gasteiger partial charge on any atom is -0.240 e. The molecule has 0 spiro atoms. The van der Waals surface area contributed by atoms with Crippen LogP contribution in [0.15, 0.2) is 0 Å². The van der Waals surface area contributed by atoms with Crippen molar-refractivity contribution in [1.82, 2.24) is 0 Å². The average Bonchev–Trinajstić information content (AvgIpc) is 2.00. The molecule has 4 aliphatic rings. The van der Waals surface area contributed by atoms with E-state index >= 15 is 0 Å². The van der Waals surface area contributed by atoms with Crippen molar-refractivity contribution in [3.05, 3.63) is 0 Å². The molecule has 0 atom stereocenters. The lowest BCUT2D eigenvalue weighted by atomic mass is 10.00. The second-order valence-electron chi connectivity index (χ2n) is 4.69. The summed E-state index contributed by atoms with van der Waals surface area (Å²) in [6, 6.07) is 0. The molecule has 4 rings (SSSR count). The summed E-state index contributed by atoms with van der Waals surface area (Å²) >= 11 is 1.53. The lowest BCUT2D eigenvalue weighted by Crippen LogP contribution is -3.56. The summed E-state index contributed by atoms with van der Waals surface area (Å²) in [5.41, 5.74) is 0. The Bertz CT molecular complexity index is 237. The standard InChI is InChI=1S/C8H12N4S/c9-4-13-8-1-10-5-11(2-8)7-12(3-8)6-10/h1-3,5-7H2/p+3. The molecule has 4 aliphatic heterocycles. The monoisotopic (exact) mass is 199 g/mol. The van der Waals surface area contributed by atoms with Crippen LogP contribution in [0, 0.1) is 10.7 Å². The topological polar surface area (TPSA) is 37.1 Å². The van der Waals surface area contributed by atoms with E-state index < -0.39 is 0 Å². The van der Waals surface area contributed by atoms with Crippen LogP contribution in [0.5, 0.6) is 0 Å². The van der Waals surface area contributed by atoms with Crippen molar-refractivity contribution < 1.29 is 14.7 Å². The summed E-state index contributed by atoms with van der Waals surface area (Å²) in [5, 5.41) is 11.1. The van der Waals surface area contributed by atoms with E-state index in [0.29, 0.717) is 4.75 Å². The zero-order valence-corrected chi connectivity index (χ0v) is 8.41. The number of thiocyanates is 1. The number of rotatable bonds is 1. The van der Waals surface area contributed by atoms with Gasteiger partial charge in [-0.25, -0.2) is 14.7 Å². The van der Waals surface area contributed by atoms with E-state index in [2.05, 4.69) is 5.40 Å². The minimum absolute atomic E-state index is 0.295. The van der Waals surface area contributed by atoms with Gasteiger partial charge in [-0.1, -0.05) is 0 Å². The molecule has 0 aromatic carbocycles. The fraction of sp³-hybridized carbons (Fsp3) is 0.875. The highest BCUT2D eigenvalue weighted by atomic mass is 32.2. The summed E-state index contributed by atoms with van der Waals surface area (Å²) in [6.45, 7) is 7.53. The first-order chi connectivity index (χ1) is 6.30. The highest BCUT2D eigenvalue weighted by Crippen LogP contribution is 2.22. The zero-order valence-electron chi connectivity index (χ0n) is 7.60. The molecule has 4 saturated heterocycles. The van der Waals surface area contributed by atoms with Gasteiger partial charge in [0, 0.05) is 0 Å². The zero-order chi connectivity index (χ0) is 8.89. The first-order valence-corrected chi connectivity index (χ1v) is 5.69. The molecular formula is C8H15N4S+3. The highest BCUT2D eigenvalue weighted by molar-refractivity contribution is 8.05. The number of quaternary nitrogens is 3. The van der Waals surface area contributed by atoms with Crippen LogP contribution in [0.2, 0.25) is 0 Å². The molecule has 0 radical (unpaired) electrons. The Labute approximate surface area is 82.1 Å². The Morgan fingerprint density at radius 2 is 1.46 bits per heavy atom. The number of thioether (sulfide) groups is 1. The predicted molar refractivity (Wildman–Crippen MR) is 48.0 cm³/mol. The van der Waals surface area contributed by atoms with E-state index in [0.717, 1.165) is 0 Å². The third-order valence-electron chi connectivity index (χ3n) is 3.48. The Balaban J connectivity index is 1.88. The van der Waals surface area contributed by atoms with Crippen LogP contribution in [0.4, 0.5) is 0 Å². The largest absolute Gasteiger partial charge is 0.240 e. The first kappa shape index (κ1) is 8.06. The number of nitrogens with zero attached hydrogens (tertiary/aromatic N) is 1. The molecule has 4 fully saturated rings. The van der Waals surface area contributed by atoms with Crippen molar-refractivity contribution >= 4 is 11.8 Å². The van der Waals surface area contributed by atoms with Gasteiger partial charge in [0.2, 0.25) is 20.0 Å². The van der Waals surface area contributed by atoms with Crippen molar-refractivity contribution in [3.8, 4) is 5.40 Å². The van der Waals surface area contributed by atoms with E-state index in [1.807, 2.05) is 0 Å². The van der Waals surface area contributed by atoms with Gasteiger partial charge in [0.25, 0.3) is 0 Å². The Kier molecular flexibility index (Phi) is 1.62. The van der Waals surface area contributed by atoms with Crippen LogP contribution < -0.4 is 14.7 Å². The highest BCUT2D eigenvalue weighted by Gasteiger charge is 2.58. The van der Waals surface area contributed by atoms with E-state index in [9.17, 15) is 0 Å². The van der Waals surface area contributed by atoms with E-state index in [1.54, 1.807) is 14.7 Å². The normalized spacial score (nSPS) is 52.1. The molecule has 3 N–H and O–H groups in total. The van der Waals surface area contributed by atoms with Crippen LogP contribution in [-0.2, 0) is 0 Å². The van der Waals surface area contributed by atoms with Gasteiger partial charge in [-0.3, -0.25) is 0 Å². The smallest absolute Gasteiger partial charge is 0.213 e. The van der Waals surface area contributed by atoms with Crippen LogP contribution in [0.25, 0.3) is 0 Å². The summed E-state index contributed by atoms with van der Waals surface area (Å²) in [7, 11) is 0. The molecule has 0 aromatic rings. The third kappa shape index (κ3) is 1.17. The molecule has 0 aromatic heterocycles. The van der Waals surface area contributed by atoms with Gasteiger partial charge >= 0.3 is 0 Å². The fourth-order valence-corrected chi connectivity index (χ4v) is 4.41. The Morgan fingerprint density at radius 3 is 1.85 bits per heavy atom. The molecule has 70 valence electrons. The lowest BCUT2D eigenvalue weighted by Gasteiger charge is -2.50. The van der Waals surface area contributed by atoms with Crippen LogP contribution in [0.3, 0.4) is 0 Å². The van der Waals surface area contributed by atoms with Gasteiger partial charge in [-0.05, 0) is 11.8 Å². The van der Waals surface area contributed by atoms with Gasteiger partial charge in [-0.15, -0.1) is 0 Å². The lowest BCUT2D eigenvalue weighted by molar-refractivity contribution is -1.29. The first-order valence-electron chi connectivity index (χ1n) is 4.87. The minimum atomic E-state index is 0.295. The molecule has 0 amide bonds. The van der Waals surface area contributed by atoms with Crippen molar-refractivity contribution in [2.45, 2.75) is 4.75 Å². The Hall–Kier alpha value is -0.280. The quantitative estimate of drug-likeness (QED) is 0.373. The van der Waals surface area contributed by atoms with E-state index in [4.69, 9.17) is 5.26 Å². The number of nitriles is 1. The molecular weight excluding hydrogens is 184 g/mol. The molecule has 0 aliphatic carbocycles. The van der Waals surface area contributed by atoms with Crippen LogP contribution >= 0.6 is 11.8 Å². The number of hydrogen-bond donors (Lipinski definition) is 3. The van der Waals surface area contributed by atoms with E-state index in [-0.39, 0.29) is 0 Å². The molecule has 4 bridgehead atoms. The Morgan fingerprint density at radius 1 is 1.00 bits per heavy atom. The van der Waals surface area contributed by atoms with Crippen molar-refractivity contribution in [1.29, 1.82) is 5.26 Å². The van der Waals surface area contributed by atoms with Gasteiger partial charge < -0.3 is 0 Å². The van der Waals surface area contributed by atoms with Gasteiger partial charge in [0.15, 0.2) is 4.75 Å². The number of hydrogen-bond acceptors (Lipinski definition) is 2. The molecule has 13 heavy (non-hydrogen) atoms. The van der Waals surface area contributed by atoms with Crippen molar-refractivity contribution in [2.75, 3.05) is 39.6 Å². The summed E-state index contributed by atoms with van der Waals surface area (Å²) in [4.78, 5) is 5.12. The SMILES string of the molecule is N#CSC12C[NH+]3C[NH+](C[NH+](C3)C1)C2. The van der Waals surface area contributed by atoms with Gasteiger partial charge in [-0.2, -0.15) is 5.26 Å². The average molecular weight is 199 g/mol. The van der Waals surface area contributed by atoms with E-state index in [1.165, 1.54) is 51.4 Å². The molecule has 5 heteroatoms. The summed E-state index contributed by atoms with van der Waals surface area (Å²) in [5.74, 6) is 0. The molecule has 4 nitrogen and oxygen atoms in total. The van der Waals surface area contributed by atoms with Gasteiger partial charge in [0.05, 0.1) is 0 Å². The fourth-order valence-electron chi connectivity index (χ4n) is 3.38. The van der Waals surface area contributed by atoms with Gasteiger partial charge in [0.1, 0.15) is 25.0 Å². The van der Waals surface area contributed by atoms with Crippen LogP contribution in [0.1, 0.15) is 0 Å². The van der Waals surface area contributed by atoms with Crippen molar-refractivity contribution in [3.63, 3.8) is 0 Å². The predicted octanol–water partition coefficient (Wildman–Crippen LogP) is -4.49. The number of nitrogens with one attached hydrogen (secondary N) is 3. The van der Waals surface area contributed by atoms with Crippen molar-refractivity contribution in [2.24, 2.45) is 0 Å². The summed E-state index contributed by atoms with van der Waals surface area (Å²) < 4.78 is 0.295. The third-order valence-corrected chi connectivity index (χ3v) is 4.44. The molecule has 0 unspecified atom stereocenters. The van der Waals surface area contributed by atoms with Crippen LogP contribution in [-0.4, -0.2) is 44.4 Å². The maximum atomic E-state index is 8.81. The molecule has 4 heterocycles. The second-order valence-corrected chi connectivity index (χ2v) is 5.94. The second kappa shape index (κ2) is 2.61. The molecule has 0 saturated carbocycles. The summed E-state index contributed by atoms with van der Waals surface area (Å²) in [6.07, 6.45) is 0.